The molecule has 1 aromatic carbocycles. The predicted octanol–water partition coefficient (Wildman–Crippen LogP) is 4.07. The maximum absolute atomic E-state index is 5.84. The van der Waals surface area contributed by atoms with E-state index in [9.17, 15) is 0 Å². The van der Waals surface area contributed by atoms with Crippen LogP contribution in [0.2, 0.25) is 0 Å². The molecule has 3 rings (SSSR count). The van der Waals surface area contributed by atoms with E-state index in [0.717, 1.165) is 48.2 Å². The number of aryl methyl sites for hydroxylation is 6. The fourth-order valence-corrected chi connectivity index (χ4v) is 3.28. The van der Waals surface area contributed by atoms with Crippen LogP contribution >= 0.6 is 0 Å². The molecule has 4 heteroatoms. The van der Waals surface area contributed by atoms with Crippen LogP contribution in [0.15, 0.2) is 48.5 Å². The number of anilines is 2. The Hall–Kier alpha value is -2.88. The highest BCUT2D eigenvalue weighted by atomic mass is 14.8. The Kier molecular flexibility index (Phi) is 5.52. The molecule has 0 unspecified atom stereocenters. The van der Waals surface area contributed by atoms with Crippen molar-refractivity contribution in [2.45, 2.75) is 39.5 Å². The first-order valence-electron chi connectivity index (χ1n) is 9.02. The summed E-state index contributed by atoms with van der Waals surface area (Å²) in [5.74, 6) is 1.19. The minimum absolute atomic E-state index is 0. The van der Waals surface area contributed by atoms with Crippen LogP contribution in [0, 0.1) is 13.8 Å². The summed E-state index contributed by atoms with van der Waals surface area (Å²) in [7, 11) is 0. The van der Waals surface area contributed by atoms with Gasteiger partial charge in [-0.25, -0.2) is 9.97 Å². The van der Waals surface area contributed by atoms with Crippen LogP contribution in [-0.2, 0) is 25.7 Å². The van der Waals surface area contributed by atoms with Crippen LogP contribution < -0.4 is 11.5 Å². The van der Waals surface area contributed by atoms with E-state index in [1.807, 2.05) is 26.0 Å². The highest BCUT2D eigenvalue weighted by Gasteiger charge is 2.03. The standard InChI is InChI=1S/C22H26N4.H2/c1-15-10-19(25-21(23)12-15)8-6-17-4-3-5-18(14-17)7-9-20-11-16(2)13-22(24)26-20;/h3-5,10-14H,6-9H2,1-2H3,(H2,23,25)(H2,24,26);1H. The average Bonchev–Trinajstić information content (AvgIpc) is 2.57. The van der Waals surface area contributed by atoms with Crippen LogP contribution in [0.4, 0.5) is 11.6 Å². The summed E-state index contributed by atoms with van der Waals surface area (Å²) < 4.78 is 0. The Bertz CT molecular complexity index is 797. The number of rotatable bonds is 6. The quantitative estimate of drug-likeness (QED) is 0.704. The van der Waals surface area contributed by atoms with Gasteiger partial charge in [-0.3, -0.25) is 0 Å². The lowest BCUT2D eigenvalue weighted by Crippen LogP contribution is -2.01. The molecule has 4 nitrogen and oxygen atoms in total. The molecular formula is C22H28N4. The van der Waals surface area contributed by atoms with Crippen LogP contribution in [0.1, 0.15) is 35.1 Å². The zero-order valence-corrected chi connectivity index (χ0v) is 15.5. The van der Waals surface area contributed by atoms with Crippen molar-refractivity contribution in [3.05, 3.63) is 82.2 Å². The summed E-state index contributed by atoms with van der Waals surface area (Å²) in [6, 6.07) is 16.8. The highest BCUT2D eigenvalue weighted by molar-refractivity contribution is 5.36. The van der Waals surface area contributed by atoms with Gasteiger partial charge >= 0.3 is 0 Å². The van der Waals surface area contributed by atoms with E-state index in [2.05, 4.69) is 46.4 Å². The fourth-order valence-electron chi connectivity index (χ4n) is 3.28. The van der Waals surface area contributed by atoms with Gasteiger partial charge in [0.15, 0.2) is 0 Å². The molecular weight excluding hydrogens is 320 g/mol. The van der Waals surface area contributed by atoms with Gasteiger partial charge in [-0.2, -0.15) is 0 Å². The average molecular weight is 348 g/mol. The predicted molar refractivity (Wildman–Crippen MR) is 110 cm³/mol. The largest absolute Gasteiger partial charge is 0.384 e. The monoisotopic (exact) mass is 348 g/mol. The third-order valence-corrected chi connectivity index (χ3v) is 4.42. The van der Waals surface area contributed by atoms with E-state index in [1.165, 1.54) is 11.1 Å². The minimum Gasteiger partial charge on any atom is -0.384 e. The minimum atomic E-state index is 0. The number of nitrogens with two attached hydrogens (primary N) is 2. The Morgan fingerprint density at radius 2 is 1.15 bits per heavy atom. The van der Waals surface area contributed by atoms with Gasteiger partial charge in [0.05, 0.1) is 0 Å². The Labute approximate surface area is 156 Å². The van der Waals surface area contributed by atoms with Gasteiger partial charge in [0.25, 0.3) is 0 Å². The first-order chi connectivity index (χ1) is 12.5. The van der Waals surface area contributed by atoms with Crippen LogP contribution in [0.3, 0.4) is 0 Å². The lowest BCUT2D eigenvalue weighted by molar-refractivity contribution is 0.891. The van der Waals surface area contributed by atoms with Gasteiger partial charge in [-0.05, 0) is 86.1 Å². The van der Waals surface area contributed by atoms with Gasteiger partial charge in [-0.15, -0.1) is 0 Å². The van der Waals surface area contributed by atoms with E-state index >= 15 is 0 Å². The molecule has 0 amide bonds. The van der Waals surface area contributed by atoms with E-state index in [4.69, 9.17) is 11.5 Å². The molecule has 0 saturated heterocycles. The molecule has 2 aromatic heterocycles. The maximum atomic E-state index is 5.84. The Balaban J connectivity index is 0.00000261. The number of benzene rings is 1. The van der Waals surface area contributed by atoms with Gasteiger partial charge < -0.3 is 11.5 Å². The summed E-state index contributed by atoms with van der Waals surface area (Å²) >= 11 is 0. The van der Waals surface area contributed by atoms with E-state index < -0.39 is 0 Å². The molecule has 0 aliphatic carbocycles. The fraction of sp³-hybridized carbons (Fsp3) is 0.273. The summed E-state index contributed by atoms with van der Waals surface area (Å²) in [5, 5.41) is 0. The van der Waals surface area contributed by atoms with E-state index in [0.29, 0.717) is 11.6 Å². The van der Waals surface area contributed by atoms with Gasteiger partial charge in [0.2, 0.25) is 0 Å². The van der Waals surface area contributed by atoms with Crippen molar-refractivity contribution in [2.24, 2.45) is 0 Å². The molecule has 136 valence electrons. The highest BCUT2D eigenvalue weighted by Crippen LogP contribution is 2.14. The van der Waals surface area contributed by atoms with Crippen LogP contribution in [0.5, 0.6) is 0 Å². The third kappa shape index (κ3) is 5.06. The zero-order valence-electron chi connectivity index (χ0n) is 15.5. The van der Waals surface area contributed by atoms with Crippen LogP contribution in [-0.4, -0.2) is 9.97 Å². The molecule has 0 spiro atoms. The number of nitrogen functional groups attached to an aromatic ring is 2. The summed E-state index contributed by atoms with van der Waals surface area (Å²) in [6.07, 6.45) is 3.70. The SMILES string of the molecule is Cc1cc(N)nc(CCc2cccc(CCc3cc(C)cc(N)n3)c2)c1.[HH]. The van der Waals surface area contributed by atoms with E-state index in [-0.39, 0.29) is 1.43 Å². The molecule has 26 heavy (non-hydrogen) atoms. The second-order valence-corrected chi connectivity index (χ2v) is 6.94. The van der Waals surface area contributed by atoms with Crippen molar-refractivity contribution < 1.29 is 1.43 Å². The number of pyridine rings is 2. The molecule has 0 atom stereocenters. The van der Waals surface area contributed by atoms with Crippen molar-refractivity contribution >= 4 is 11.6 Å². The van der Waals surface area contributed by atoms with Gasteiger partial charge in [0.1, 0.15) is 11.6 Å². The first kappa shape index (κ1) is 17.9. The molecule has 0 aliphatic rings. The second-order valence-electron chi connectivity index (χ2n) is 6.94. The second kappa shape index (κ2) is 8.00. The van der Waals surface area contributed by atoms with Crippen molar-refractivity contribution in [1.82, 2.24) is 9.97 Å². The van der Waals surface area contributed by atoms with Crippen LogP contribution in [0.25, 0.3) is 0 Å². The maximum Gasteiger partial charge on any atom is 0.123 e. The number of hydrogen-bond donors (Lipinski definition) is 2. The lowest BCUT2D eigenvalue weighted by atomic mass is 10.0. The zero-order chi connectivity index (χ0) is 18.5. The van der Waals surface area contributed by atoms with E-state index in [1.54, 1.807) is 0 Å². The number of hydrogen-bond acceptors (Lipinski definition) is 4. The Morgan fingerprint density at radius 3 is 1.58 bits per heavy atom. The van der Waals surface area contributed by atoms with Gasteiger partial charge in [0, 0.05) is 12.8 Å². The molecule has 4 N–H and O–H groups in total. The summed E-state index contributed by atoms with van der Waals surface area (Å²) in [5.41, 5.74) is 18.7. The van der Waals surface area contributed by atoms with Crippen molar-refractivity contribution in [3.63, 3.8) is 0 Å². The van der Waals surface area contributed by atoms with Crippen molar-refractivity contribution in [3.8, 4) is 0 Å². The molecule has 2 heterocycles. The number of nitrogens with zero attached hydrogens (tertiary/aromatic N) is 2. The topological polar surface area (TPSA) is 77.8 Å². The normalized spacial score (nSPS) is 10.8. The molecule has 0 aliphatic heterocycles. The molecule has 0 saturated carbocycles. The first-order valence-corrected chi connectivity index (χ1v) is 9.02. The smallest absolute Gasteiger partial charge is 0.123 e. The summed E-state index contributed by atoms with van der Waals surface area (Å²) in [6.45, 7) is 4.10. The summed E-state index contributed by atoms with van der Waals surface area (Å²) in [4.78, 5) is 8.84. The molecule has 0 bridgehead atoms. The molecule has 3 aromatic rings. The lowest BCUT2D eigenvalue weighted by Gasteiger charge is -2.08. The molecule has 0 radical (unpaired) electrons. The Morgan fingerprint density at radius 1 is 0.692 bits per heavy atom. The number of aromatic nitrogens is 2. The van der Waals surface area contributed by atoms with Crippen molar-refractivity contribution in [1.29, 1.82) is 0 Å². The molecule has 0 fully saturated rings. The van der Waals surface area contributed by atoms with Gasteiger partial charge in [-0.1, -0.05) is 24.3 Å². The van der Waals surface area contributed by atoms with Crippen molar-refractivity contribution in [2.75, 3.05) is 11.5 Å². The third-order valence-electron chi connectivity index (χ3n) is 4.42.